The third kappa shape index (κ3) is 2.53. The molecule has 6 nitrogen and oxygen atoms in total. The Kier molecular flexibility index (Phi) is 3.50. The minimum atomic E-state index is -0.190. The number of hydrogen-bond acceptors (Lipinski definition) is 5. The molecule has 4 rings (SSSR count). The number of nitrogen functional groups attached to an aromatic ring is 1. The molecule has 2 N–H and O–H groups in total. The van der Waals surface area contributed by atoms with Crippen molar-refractivity contribution in [2.45, 2.75) is 6.92 Å². The summed E-state index contributed by atoms with van der Waals surface area (Å²) < 4.78 is 1.68. The predicted molar refractivity (Wildman–Crippen MR) is 95.2 cm³/mol. The lowest BCUT2D eigenvalue weighted by Gasteiger charge is -2.05. The maximum absolute atomic E-state index is 12.9. The smallest absolute Gasteiger partial charge is 0.217 e. The lowest BCUT2D eigenvalue weighted by Crippen LogP contribution is -2.05. The number of nitrogens with two attached hydrogens (primary N) is 1. The predicted octanol–water partition coefficient (Wildman–Crippen LogP) is 2.91. The van der Waals surface area contributed by atoms with Crippen LogP contribution in [0.1, 0.15) is 21.7 Å². The van der Waals surface area contributed by atoms with Crippen LogP contribution < -0.4 is 5.73 Å². The van der Waals surface area contributed by atoms with Crippen molar-refractivity contribution in [3.63, 3.8) is 0 Å². The fourth-order valence-electron chi connectivity index (χ4n) is 2.86. The quantitative estimate of drug-likeness (QED) is 0.461. The molecule has 1 aromatic carbocycles. The van der Waals surface area contributed by atoms with Gasteiger partial charge in [-0.15, -0.1) is 0 Å². The first-order valence-corrected chi connectivity index (χ1v) is 7.81. The van der Waals surface area contributed by atoms with Crippen LogP contribution in [0.25, 0.3) is 16.9 Å². The number of nitrogens with zero attached hydrogens (tertiary/aromatic N) is 4. The van der Waals surface area contributed by atoms with E-state index in [-0.39, 0.29) is 5.78 Å². The zero-order valence-corrected chi connectivity index (χ0v) is 13.5. The number of anilines is 1. The molecule has 3 aromatic heterocycles. The molecule has 0 saturated carbocycles. The molecular formula is C19H15N5O. The Hall–Kier alpha value is -3.54. The highest BCUT2D eigenvalue weighted by Gasteiger charge is 2.22. The molecule has 0 aliphatic carbocycles. The number of ketones is 1. The summed E-state index contributed by atoms with van der Waals surface area (Å²) in [6.45, 7) is 1.80. The Labute approximate surface area is 144 Å². The van der Waals surface area contributed by atoms with Gasteiger partial charge in [0, 0.05) is 23.6 Å². The molecule has 122 valence electrons. The second kappa shape index (κ2) is 5.83. The first kappa shape index (κ1) is 15.0. The van der Waals surface area contributed by atoms with Crippen LogP contribution in [0, 0.1) is 6.92 Å². The average molecular weight is 329 g/mol. The Balaban J connectivity index is 1.93. The number of benzene rings is 1. The van der Waals surface area contributed by atoms with E-state index in [1.807, 2.05) is 30.3 Å². The molecule has 3 heterocycles. The van der Waals surface area contributed by atoms with Crippen molar-refractivity contribution >= 4 is 17.1 Å². The molecule has 0 amide bonds. The van der Waals surface area contributed by atoms with Gasteiger partial charge in [-0.25, -0.2) is 9.50 Å². The number of rotatable bonds is 3. The van der Waals surface area contributed by atoms with Gasteiger partial charge in [-0.1, -0.05) is 18.2 Å². The minimum absolute atomic E-state index is 0.190. The van der Waals surface area contributed by atoms with Crippen molar-refractivity contribution in [1.29, 1.82) is 0 Å². The molecule has 0 bridgehead atoms. The number of hydrogen-bond donors (Lipinski definition) is 1. The number of aromatic nitrogens is 4. The molecule has 0 aliphatic rings. The SMILES string of the molecule is Cc1nn2c(-c3cccc(N)c3)ccnc2c1C(=O)c1ccccn1. The van der Waals surface area contributed by atoms with Gasteiger partial charge in [0.15, 0.2) is 5.65 Å². The molecule has 25 heavy (non-hydrogen) atoms. The summed E-state index contributed by atoms with van der Waals surface area (Å²) in [7, 11) is 0. The first-order valence-electron chi connectivity index (χ1n) is 7.81. The fourth-order valence-corrected chi connectivity index (χ4v) is 2.86. The Bertz CT molecular complexity index is 1090. The van der Waals surface area contributed by atoms with Crippen molar-refractivity contribution in [2.75, 3.05) is 5.73 Å². The largest absolute Gasteiger partial charge is 0.399 e. The van der Waals surface area contributed by atoms with Gasteiger partial charge in [0.05, 0.1) is 17.0 Å². The number of carbonyl (C=O) groups is 1. The summed E-state index contributed by atoms with van der Waals surface area (Å²) >= 11 is 0. The summed E-state index contributed by atoms with van der Waals surface area (Å²) in [4.78, 5) is 21.4. The second-order valence-electron chi connectivity index (χ2n) is 5.70. The van der Waals surface area contributed by atoms with E-state index >= 15 is 0 Å². The van der Waals surface area contributed by atoms with E-state index in [0.717, 1.165) is 11.3 Å². The first-order chi connectivity index (χ1) is 12.1. The van der Waals surface area contributed by atoms with E-state index in [0.29, 0.717) is 28.3 Å². The highest BCUT2D eigenvalue weighted by Crippen LogP contribution is 2.25. The van der Waals surface area contributed by atoms with Crippen LogP contribution in [-0.4, -0.2) is 25.4 Å². The topological polar surface area (TPSA) is 86.2 Å². The van der Waals surface area contributed by atoms with Crippen LogP contribution in [0.2, 0.25) is 0 Å². The fraction of sp³-hybridized carbons (Fsp3) is 0.0526. The lowest BCUT2D eigenvalue weighted by molar-refractivity contribution is 0.103. The van der Waals surface area contributed by atoms with Gasteiger partial charge in [-0.05, 0) is 37.3 Å². The number of fused-ring (bicyclic) bond motifs is 1. The van der Waals surface area contributed by atoms with E-state index in [2.05, 4.69) is 15.1 Å². The lowest BCUT2D eigenvalue weighted by atomic mass is 10.1. The highest BCUT2D eigenvalue weighted by molar-refractivity contribution is 6.12. The Morgan fingerprint density at radius 3 is 2.68 bits per heavy atom. The molecule has 0 aliphatic heterocycles. The minimum Gasteiger partial charge on any atom is -0.399 e. The molecule has 0 radical (unpaired) electrons. The van der Waals surface area contributed by atoms with E-state index in [4.69, 9.17) is 5.73 Å². The summed E-state index contributed by atoms with van der Waals surface area (Å²) in [5, 5.41) is 4.53. The maximum Gasteiger partial charge on any atom is 0.217 e. The second-order valence-corrected chi connectivity index (χ2v) is 5.70. The van der Waals surface area contributed by atoms with Crippen LogP contribution in [0.4, 0.5) is 5.69 Å². The molecule has 6 heteroatoms. The molecular weight excluding hydrogens is 314 g/mol. The van der Waals surface area contributed by atoms with E-state index in [9.17, 15) is 4.79 Å². The van der Waals surface area contributed by atoms with Crippen molar-refractivity contribution in [1.82, 2.24) is 19.6 Å². The third-order valence-electron chi connectivity index (χ3n) is 4.00. The summed E-state index contributed by atoms with van der Waals surface area (Å²) in [6.07, 6.45) is 3.27. The van der Waals surface area contributed by atoms with Gasteiger partial charge in [-0.3, -0.25) is 9.78 Å². The van der Waals surface area contributed by atoms with Gasteiger partial charge >= 0.3 is 0 Å². The highest BCUT2D eigenvalue weighted by atomic mass is 16.1. The van der Waals surface area contributed by atoms with Crippen molar-refractivity contribution in [3.05, 3.63) is 77.9 Å². The average Bonchev–Trinajstić information content (AvgIpc) is 2.97. The van der Waals surface area contributed by atoms with Crippen molar-refractivity contribution < 1.29 is 4.79 Å². The van der Waals surface area contributed by atoms with E-state index in [1.165, 1.54) is 0 Å². The van der Waals surface area contributed by atoms with Crippen molar-refractivity contribution in [2.24, 2.45) is 0 Å². The third-order valence-corrected chi connectivity index (χ3v) is 4.00. The zero-order chi connectivity index (χ0) is 17.4. The van der Waals surface area contributed by atoms with Gasteiger partial charge in [0.1, 0.15) is 5.69 Å². The molecule has 0 unspecified atom stereocenters. The van der Waals surface area contributed by atoms with Crippen LogP contribution in [0.5, 0.6) is 0 Å². The van der Waals surface area contributed by atoms with Crippen LogP contribution in [-0.2, 0) is 0 Å². The monoisotopic (exact) mass is 329 g/mol. The van der Waals surface area contributed by atoms with Crippen LogP contribution in [0.15, 0.2) is 60.9 Å². The van der Waals surface area contributed by atoms with Gasteiger partial charge in [-0.2, -0.15) is 5.10 Å². The van der Waals surface area contributed by atoms with Crippen LogP contribution >= 0.6 is 0 Å². The van der Waals surface area contributed by atoms with E-state index < -0.39 is 0 Å². The number of pyridine rings is 1. The molecule has 0 spiro atoms. The summed E-state index contributed by atoms with van der Waals surface area (Å²) in [6, 6.07) is 14.6. The molecule has 0 fully saturated rings. The summed E-state index contributed by atoms with van der Waals surface area (Å²) in [5.41, 5.74) is 10.2. The Morgan fingerprint density at radius 2 is 1.92 bits per heavy atom. The number of carbonyl (C=O) groups excluding carboxylic acids is 1. The standard InChI is InChI=1S/C19H15N5O/c1-12-17(18(25)15-7-2-3-9-21-15)19-22-10-8-16(24(19)23-12)13-5-4-6-14(20)11-13/h2-11H,20H2,1H3. The molecule has 4 aromatic rings. The zero-order valence-electron chi connectivity index (χ0n) is 13.5. The van der Waals surface area contributed by atoms with Gasteiger partial charge < -0.3 is 5.73 Å². The van der Waals surface area contributed by atoms with Gasteiger partial charge in [0.2, 0.25) is 5.78 Å². The summed E-state index contributed by atoms with van der Waals surface area (Å²) in [5.74, 6) is -0.190. The van der Waals surface area contributed by atoms with Gasteiger partial charge in [0.25, 0.3) is 0 Å². The van der Waals surface area contributed by atoms with E-state index in [1.54, 1.807) is 42.0 Å². The normalized spacial score (nSPS) is 10.9. The van der Waals surface area contributed by atoms with Crippen molar-refractivity contribution in [3.8, 4) is 11.3 Å². The van der Waals surface area contributed by atoms with Crippen LogP contribution in [0.3, 0.4) is 0 Å². The number of aryl methyl sites for hydroxylation is 1. The molecule has 0 saturated heterocycles. The maximum atomic E-state index is 12.9. The Morgan fingerprint density at radius 1 is 1.04 bits per heavy atom. The molecule has 0 atom stereocenters.